The van der Waals surface area contributed by atoms with Gasteiger partial charge in [-0.3, -0.25) is 4.79 Å². The monoisotopic (exact) mass is 373 g/mol. The Bertz CT molecular complexity index is 525. The molecule has 0 aromatic heterocycles. The van der Waals surface area contributed by atoms with E-state index >= 15 is 0 Å². The predicted octanol–water partition coefficient (Wildman–Crippen LogP) is 3.45. The lowest BCUT2D eigenvalue weighted by Crippen LogP contribution is -2.39. The van der Waals surface area contributed by atoms with E-state index in [2.05, 4.69) is 41.8 Å². The lowest BCUT2D eigenvalue weighted by atomic mass is 9.85. The molecule has 3 unspecified atom stereocenters. The molecular formula is C18H29Cl2N3O. The Morgan fingerprint density at radius 2 is 2.00 bits per heavy atom. The van der Waals surface area contributed by atoms with Crippen LogP contribution < -0.4 is 10.6 Å². The molecular weight excluding hydrogens is 345 g/mol. The molecule has 136 valence electrons. The van der Waals surface area contributed by atoms with Gasteiger partial charge in [-0.05, 0) is 57.0 Å². The van der Waals surface area contributed by atoms with Crippen LogP contribution >= 0.6 is 24.8 Å². The van der Waals surface area contributed by atoms with Gasteiger partial charge in [-0.25, -0.2) is 0 Å². The third-order valence-electron chi connectivity index (χ3n) is 4.87. The van der Waals surface area contributed by atoms with E-state index in [1.807, 2.05) is 12.1 Å². The van der Waals surface area contributed by atoms with E-state index in [1.165, 1.54) is 31.2 Å². The maximum atomic E-state index is 12.5. The fourth-order valence-corrected chi connectivity index (χ4v) is 3.86. The zero-order valence-corrected chi connectivity index (χ0v) is 16.1. The first kappa shape index (κ1) is 21.2. The van der Waals surface area contributed by atoms with Gasteiger partial charge in [0.2, 0.25) is 5.91 Å². The van der Waals surface area contributed by atoms with Gasteiger partial charge < -0.3 is 15.5 Å². The molecule has 2 fully saturated rings. The molecule has 6 heteroatoms. The highest BCUT2D eigenvalue weighted by molar-refractivity contribution is 5.95. The maximum absolute atomic E-state index is 12.5. The smallest absolute Gasteiger partial charge is 0.241 e. The average Bonchev–Trinajstić information content (AvgIpc) is 2.91. The number of halogens is 2. The number of carbonyl (C=O) groups excluding carboxylic acids is 1. The number of amides is 1. The number of nitrogens with one attached hydrogen (secondary N) is 2. The molecule has 1 heterocycles. The molecule has 1 saturated heterocycles. The summed E-state index contributed by atoms with van der Waals surface area (Å²) < 4.78 is 0. The molecule has 1 amide bonds. The molecule has 3 rings (SSSR count). The number of anilines is 1. The summed E-state index contributed by atoms with van der Waals surface area (Å²) in [6.07, 6.45) is 6.12. The van der Waals surface area contributed by atoms with Crippen LogP contribution in [0.1, 0.15) is 37.7 Å². The van der Waals surface area contributed by atoms with Crippen LogP contribution in [0.15, 0.2) is 24.3 Å². The summed E-state index contributed by atoms with van der Waals surface area (Å²) in [6, 6.07) is 8.68. The normalized spacial score (nSPS) is 25.4. The molecule has 2 N–H and O–H groups in total. The van der Waals surface area contributed by atoms with E-state index in [0.29, 0.717) is 12.0 Å². The first-order chi connectivity index (χ1) is 10.6. The number of benzene rings is 1. The molecule has 0 spiro atoms. The summed E-state index contributed by atoms with van der Waals surface area (Å²) in [6.45, 7) is 0.884. The van der Waals surface area contributed by atoms with Crippen LogP contribution in [-0.2, 0) is 11.3 Å². The largest absolute Gasteiger partial charge is 0.325 e. The second-order valence-electron chi connectivity index (χ2n) is 7.03. The molecule has 1 saturated carbocycles. The highest BCUT2D eigenvalue weighted by Gasteiger charge is 2.38. The summed E-state index contributed by atoms with van der Waals surface area (Å²) in [5.41, 5.74) is 2.12. The van der Waals surface area contributed by atoms with Gasteiger partial charge in [0, 0.05) is 18.3 Å². The fraction of sp³-hybridized carbons (Fsp3) is 0.611. The van der Waals surface area contributed by atoms with Crippen LogP contribution in [0.4, 0.5) is 5.69 Å². The first-order valence-electron chi connectivity index (χ1n) is 8.42. The number of fused-ring (bicyclic) bond motifs is 1. The van der Waals surface area contributed by atoms with E-state index in [4.69, 9.17) is 0 Å². The second kappa shape index (κ2) is 9.62. The van der Waals surface area contributed by atoms with Gasteiger partial charge in [0.15, 0.2) is 0 Å². The Labute approximate surface area is 157 Å². The Hall–Kier alpha value is -0.810. The number of carbonyl (C=O) groups is 1. The molecule has 24 heavy (non-hydrogen) atoms. The van der Waals surface area contributed by atoms with Crippen LogP contribution in [-0.4, -0.2) is 37.0 Å². The summed E-state index contributed by atoms with van der Waals surface area (Å²) in [5, 5.41) is 6.63. The zero-order valence-electron chi connectivity index (χ0n) is 14.5. The molecule has 3 atom stereocenters. The average molecular weight is 374 g/mol. The quantitative estimate of drug-likeness (QED) is 0.849. The number of rotatable bonds is 4. The minimum Gasteiger partial charge on any atom is -0.325 e. The Balaban J connectivity index is 0.00000144. The van der Waals surface area contributed by atoms with Gasteiger partial charge in [0.05, 0.1) is 6.04 Å². The van der Waals surface area contributed by atoms with E-state index in [-0.39, 0.29) is 36.8 Å². The third-order valence-corrected chi connectivity index (χ3v) is 4.87. The molecule has 1 aromatic rings. The van der Waals surface area contributed by atoms with Crippen molar-refractivity contribution in [2.75, 3.05) is 19.4 Å². The van der Waals surface area contributed by atoms with Crippen molar-refractivity contribution in [2.45, 2.75) is 50.7 Å². The number of hydrogen-bond donors (Lipinski definition) is 2. The lowest BCUT2D eigenvalue weighted by Gasteiger charge is -2.24. The highest BCUT2D eigenvalue weighted by atomic mass is 35.5. The summed E-state index contributed by atoms with van der Waals surface area (Å²) in [5.74, 6) is 0.820. The summed E-state index contributed by atoms with van der Waals surface area (Å²) >= 11 is 0. The van der Waals surface area contributed by atoms with Gasteiger partial charge in [-0.2, -0.15) is 0 Å². The minimum atomic E-state index is -0.0226. The molecule has 2 aliphatic rings. The van der Waals surface area contributed by atoms with Crippen LogP contribution in [0.5, 0.6) is 0 Å². The molecule has 1 aromatic carbocycles. The van der Waals surface area contributed by atoms with Crippen molar-refractivity contribution in [3.05, 3.63) is 29.8 Å². The third kappa shape index (κ3) is 5.35. The lowest BCUT2D eigenvalue weighted by molar-refractivity contribution is -0.117. The van der Waals surface area contributed by atoms with Crippen molar-refractivity contribution in [3.63, 3.8) is 0 Å². The van der Waals surface area contributed by atoms with Gasteiger partial charge >= 0.3 is 0 Å². The van der Waals surface area contributed by atoms with Crippen molar-refractivity contribution < 1.29 is 4.79 Å². The van der Waals surface area contributed by atoms with Crippen molar-refractivity contribution in [1.82, 2.24) is 10.2 Å². The first-order valence-corrected chi connectivity index (χ1v) is 8.42. The van der Waals surface area contributed by atoms with Crippen LogP contribution in [0, 0.1) is 5.92 Å². The molecule has 0 bridgehead atoms. The highest BCUT2D eigenvalue weighted by Crippen LogP contribution is 2.33. The van der Waals surface area contributed by atoms with Crippen LogP contribution in [0.3, 0.4) is 0 Å². The minimum absolute atomic E-state index is 0. The van der Waals surface area contributed by atoms with Gasteiger partial charge in [-0.1, -0.05) is 25.0 Å². The van der Waals surface area contributed by atoms with Crippen LogP contribution in [0.2, 0.25) is 0 Å². The summed E-state index contributed by atoms with van der Waals surface area (Å²) in [4.78, 5) is 14.6. The van der Waals surface area contributed by atoms with Crippen LogP contribution in [0.25, 0.3) is 0 Å². The Morgan fingerprint density at radius 3 is 2.71 bits per heavy atom. The van der Waals surface area contributed by atoms with Crippen molar-refractivity contribution in [2.24, 2.45) is 5.92 Å². The SMILES string of the molecule is CN(C)Cc1cccc(NC(=O)C2CC3CCCCC3N2)c1.Cl.Cl. The van der Waals surface area contributed by atoms with E-state index in [0.717, 1.165) is 18.7 Å². The standard InChI is InChI=1S/C18H27N3O.2ClH/c1-21(2)12-13-6-5-8-15(10-13)19-18(22)17-11-14-7-3-4-9-16(14)20-17;;/h5-6,8,10,14,16-17,20H,3-4,7,9,11-12H2,1-2H3,(H,19,22);2*1H. The molecule has 1 aliphatic carbocycles. The van der Waals surface area contributed by atoms with Gasteiger partial charge in [0.25, 0.3) is 0 Å². The fourth-order valence-electron chi connectivity index (χ4n) is 3.86. The van der Waals surface area contributed by atoms with E-state index in [9.17, 15) is 4.79 Å². The molecule has 1 aliphatic heterocycles. The number of nitrogens with zero attached hydrogens (tertiary/aromatic N) is 1. The van der Waals surface area contributed by atoms with Crippen molar-refractivity contribution in [3.8, 4) is 0 Å². The zero-order chi connectivity index (χ0) is 15.5. The maximum Gasteiger partial charge on any atom is 0.241 e. The van der Waals surface area contributed by atoms with E-state index < -0.39 is 0 Å². The van der Waals surface area contributed by atoms with Crippen molar-refractivity contribution in [1.29, 1.82) is 0 Å². The predicted molar refractivity (Wildman–Crippen MR) is 104 cm³/mol. The van der Waals surface area contributed by atoms with Crippen molar-refractivity contribution >= 4 is 36.4 Å². The Kier molecular flexibility index (Phi) is 8.51. The second-order valence-corrected chi connectivity index (χ2v) is 7.03. The molecule has 4 nitrogen and oxygen atoms in total. The van der Waals surface area contributed by atoms with Gasteiger partial charge in [-0.15, -0.1) is 24.8 Å². The van der Waals surface area contributed by atoms with E-state index in [1.54, 1.807) is 0 Å². The molecule has 0 radical (unpaired) electrons. The number of hydrogen-bond acceptors (Lipinski definition) is 3. The van der Waals surface area contributed by atoms with Gasteiger partial charge in [0.1, 0.15) is 0 Å². The Morgan fingerprint density at radius 1 is 1.25 bits per heavy atom. The summed E-state index contributed by atoms with van der Waals surface area (Å²) in [7, 11) is 4.10. The topological polar surface area (TPSA) is 44.4 Å².